The lowest BCUT2D eigenvalue weighted by Gasteiger charge is -2.14. The Balaban J connectivity index is 0.000000609. The zero-order valence-electron chi connectivity index (χ0n) is 22.2. The van der Waals surface area contributed by atoms with E-state index >= 15 is 0 Å². The van der Waals surface area contributed by atoms with Gasteiger partial charge >= 0.3 is 0 Å². The van der Waals surface area contributed by atoms with Crippen molar-refractivity contribution in [2.24, 2.45) is 11.7 Å². The molecule has 0 aromatic heterocycles. The molecule has 190 valence electrons. The molecule has 0 aliphatic carbocycles. The highest BCUT2D eigenvalue weighted by atomic mass is 32.2. The summed E-state index contributed by atoms with van der Waals surface area (Å²) in [4.78, 5) is 24.6. The fraction of sp³-hybridized carbons (Fsp3) is 0.571. The molecule has 1 aromatic carbocycles. The van der Waals surface area contributed by atoms with E-state index in [1.54, 1.807) is 11.8 Å². The van der Waals surface area contributed by atoms with E-state index in [9.17, 15) is 9.59 Å². The highest BCUT2D eigenvalue weighted by Crippen LogP contribution is 2.30. The predicted molar refractivity (Wildman–Crippen MR) is 148 cm³/mol. The number of allylic oxidation sites excluding steroid dienone is 1. The van der Waals surface area contributed by atoms with Crippen molar-refractivity contribution in [3.05, 3.63) is 41.0 Å². The topological polar surface area (TPSA) is 75.4 Å². The highest BCUT2D eigenvalue weighted by molar-refractivity contribution is 8.12. The molecule has 2 rings (SSSR count). The number of benzene rings is 1. The fourth-order valence-electron chi connectivity index (χ4n) is 2.93. The summed E-state index contributed by atoms with van der Waals surface area (Å²) in [5.41, 5.74) is 9.19. The number of amides is 2. The first kappa shape index (κ1) is 31.8. The number of carbonyl (C=O) groups is 2. The molecule has 3 N–H and O–H groups in total. The van der Waals surface area contributed by atoms with Crippen molar-refractivity contribution < 1.29 is 9.59 Å². The second-order valence-corrected chi connectivity index (χ2v) is 9.95. The third kappa shape index (κ3) is 14.8. The second kappa shape index (κ2) is 19.1. The minimum absolute atomic E-state index is 0.218. The van der Waals surface area contributed by atoms with Crippen LogP contribution in [-0.4, -0.2) is 36.3 Å². The van der Waals surface area contributed by atoms with Crippen LogP contribution in [0.25, 0.3) is 4.91 Å². The molecule has 1 unspecified atom stereocenters. The Hall–Kier alpha value is -2.23. The predicted octanol–water partition coefficient (Wildman–Crippen LogP) is 5.80. The zero-order chi connectivity index (χ0) is 25.9. The molecule has 1 aliphatic rings. The molecule has 0 spiro atoms. The fourth-order valence-corrected chi connectivity index (χ4v) is 3.70. The van der Waals surface area contributed by atoms with Crippen molar-refractivity contribution in [2.45, 2.75) is 86.7 Å². The van der Waals surface area contributed by atoms with Crippen molar-refractivity contribution in [1.82, 2.24) is 10.2 Å². The lowest BCUT2D eigenvalue weighted by Crippen LogP contribution is -2.31. The molecule has 1 aliphatic heterocycles. The molecular weight excluding hydrogens is 442 g/mol. The van der Waals surface area contributed by atoms with E-state index in [4.69, 9.17) is 5.73 Å². The van der Waals surface area contributed by atoms with Crippen LogP contribution >= 0.6 is 11.8 Å². The number of nitrogens with zero attached hydrogens (tertiary/aromatic N) is 1. The van der Waals surface area contributed by atoms with Crippen LogP contribution in [0.15, 0.2) is 29.8 Å². The summed E-state index contributed by atoms with van der Waals surface area (Å²) >= 11 is 1.58. The van der Waals surface area contributed by atoms with Gasteiger partial charge in [-0.3, -0.25) is 9.59 Å². The van der Waals surface area contributed by atoms with E-state index in [1.807, 2.05) is 30.9 Å². The maximum absolute atomic E-state index is 11.3. The number of nitrogens with two attached hydrogens (primary N) is 1. The van der Waals surface area contributed by atoms with Crippen LogP contribution in [0, 0.1) is 17.1 Å². The van der Waals surface area contributed by atoms with Crippen LogP contribution in [-0.2, 0) is 16.1 Å². The molecule has 6 heteroatoms. The van der Waals surface area contributed by atoms with Gasteiger partial charge in [0, 0.05) is 43.4 Å². The monoisotopic (exact) mass is 487 g/mol. The molecule has 0 radical (unpaired) electrons. The summed E-state index contributed by atoms with van der Waals surface area (Å²) in [6, 6.07) is 8.43. The average molecular weight is 488 g/mol. The molecular formula is C28H45N3O2S. The number of rotatable bonds is 7. The van der Waals surface area contributed by atoms with Gasteiger partial charge in [0.15, 0.2) is 0 Å². The summed E-state index contributed by atoms with van der Waals surface area (Å²) in [7, 11) is 0. The van der Waals surface area contributed by atoms with Gasteiger partial charge in [0.1, 0.15) is 0 Å². The van der Waals surface area contributed by atoms with Crippen LogP contribution in [0.3, 0.4) is 0 Å². The number of likely N-dealkylation sites (tertiary alicyclic amines) is 1. The van der Waals surface area contributed by atoms with Crippen LogP contribution in [0.2, 0.25) is 0 Å². The van der Waals surface area contributed by atoms with Gasteiger partial charge in [-0.15, -0.1) is 0 Å². The van der Waals surface area contributed by atoms with Gasteiger partial charge in [0.05, 0.1) is 0 Å². The van der Waals surface area contributed by atoms with Crippen LogP contribution in [0.4, 0.5) is 0 Å². The van der Waals surface area contributed by atoms with E-state index < -0.39 is 0 Å². The third-order valence-electron chi connectivity index (χ3n) is 4.50. The van der Waals surface area contributed by atoms with Crippen molar-refractivity contribution >= 4 is 29.0 Å². The molecule has 1 fully saturated rings. The molecule has 34 heavy (non-hydrogen) atoms. The van der Waals surface area contributed by atoms with Gasteiger partial charge in [-0.2, -0.15) is 0 Å². The Morgan fingerprint density at radius 2 is 1.85 bits per heavy atom. The smallest absolute Gasteiger partial charge is 0.222 e. The first-order valence-corrected chi connectivity index (χ1v) is 13.1. The molecule has 5 nitrogen and oxygen atoms in total. The Morgan fingerprint density at radius 1 is 1.24 bits per heavy atom. The summed E-state index contributed by atoms with van der Waals surface area (Å²) in [5.74, 6) is 4.17. The lowest BCUT2D eigenvalue weighted by atomic mass is 10.1. The van der Waals surface area contributed by atoms with Gasteiger partial charge in [0.2, 0.25) is 12.3 Å². The minimum Gasteiger partial charge on any atom is -0.355 e. The Kier molecular flexibility index (Phi) is 17.9. The second-order valence-electron chi connectivity index (χ2n) is 9.13. The van der Waals surface area contributed by atoms with Crippen molar-refractivity contribution in [1.29, 1.82) is 0 Å². The van der Waals surface area contributed by atoms with Gasteiger partial charge in [0.25, 0.3) is 0 Å². The van der Waals surface area contributed by atoms with E-state index in [0.717, 1.165) is 43.8 Å². The summed E-state index contributed by atoms with van der Waals surface area (Å²) in [5, 5.41) is 5.77. The van der Waals surface area contributed by atoms with E-state index in [2.05, 4.69) is 63.2 Å². The van der Waals surface area contributed by atoms with Crippen molar-refractivity contribution in [3.63, 3.8) is 0 Å². The number of thioether (sulfide) groups is 1. The number of hydrogen-bond acceptors (Lipinski definition) is 4. The minimum atomic E-state index is 0.218. The largest absolute Gasteiger partial charge is 0.355 e. The number of nitrogens with one attached hydrogen (secondary N) is 1. The van der Waals surface area contributed by atoms with E-state index in [1.165, 1.54) is 16.0 Å². The molecule has 0 bridgehead atoms. The van der Waals surface area contributed by atoms with Crippen LogP contribution < -0.4 is 11.1 Å². The third-order valence-corrected chi connectivity index (χ3v) is 5.60. The van der Waals surface area contributed by atoms with Gasteiger partial charge in [-0.25, -0.2) is 0 Å². The quantitative estimate of drug-likeness (QED) is 0.377. The Morgan fingerprint density at radius 3 is 2.29 bits per heavy atom. The van der Waals surface area contributed by atoms with Gasteiger partial charge < -0.3 is 16.0 Å². The summed E-state index contributed by atoms with van der Waals surface area (Å²) < 4.78 is 0. The van der Waals surface area contributed by atoms with Crippen molar-refractivity contribution in [2.75, 3.05) is 13.1 Å². The van der Waals surface area contributed by atoms with Gasteiger partial charge in [-0.1, -0.05) is 70.4 Å². The Labute approximate surface area is 212 Å². The first-order valence-electron chi connectivity index (χ1n) is 12.3. The van der Waals surface area contributed by atoms with Gasteiger partial charge in [-0.05, 0) is 60.7 Å². The van der Waals surface area contributed by atoms with E-state index in [-0.39, 0.29) is 11.9 Å². The maximum Gasteiger partial charge on any atom is 0.222 e. The molecule has 0 saturated carbocycles. The highest BCUT2D eigenvalue weighted by Gasteiger charge is 2.22. The molecule has 1 heterocycles. The van der Waals surface area contributed by atoms with Crippen molar-refractivity contribution in [3.8, 4) is 11.2 Å². The molecule has 1 saturated heterocycles. The first-order chi connectivity index (χ1) is 16.2. The number of hydrogen-bond donors (Lipinski definition) is 2. The normalized spacial score (nSPS) is 14.0. The van der Waals surface area contributed by atoms with Crippen LogP contribution in [0.5, 0.6) is 0 Å². The molecule has 1 atom stereocenters. The molecule has 2 amide bonds. The maximum atomic E-state index is 11.3. The lowest BCUT2D eigenvalue weighted by molar-refractivity contribution is -0.130. The summed E-state index contributed by atoms with van der Waals surface area (Å²) in [6.45, 7) is 16.9. The Bertz CT molecular complexity index is 800. The van der Waals surface area contributed by atoms with Crippen LogP contribution in [0.1, 0.15) is 85.3 Å². The zero-order valence-corrected chi connectivity index (χ0v) is 23.1. The standard InChI is InChI=1S/C16H19NOS.C8H16N2O.C4H10/c1-4-5-10-19-16(13(2)3)15-8-6-14(7-9-15)11-17-12-18;1-2-3-8(11)10-5-4-7(9)6-10;1-4(2)3/h6-9,12H,4,11H2,1-3H3,(H,17,18);7H,2-6,9H2,1H3;4H,1-3H3. The average Bonchev–Trinajstić information content (AvgIpc) is 3.22. The number of carbonyl (C=O) groups excluding carboxylic acids is 2. The van der Waals surface area contributed by atoms with E-state index in [0.29, 0.717) is 19.4 Å². The summed E-state index contributed by atoms with van der Waals surface area (Å²) in [6.07, 6.45) is 4.16. The SMILES string of the molecule is CC(C)C.CCC#CSC(=C(C)C)c1ccc(CNC=O)cc1.CCCC(=O)N1CCC(N)C1. The molecule has 1 aromatic rings.